The first kappa shape index (κ1) is 27.2. The number of likely N-dealkylation sites (tertiary alicyclic amines) is 1. The topological polar surface area (TPSA) is 113 Å². The third-order valence-electron chi connectivity index (χ3n) is 6.54. The van der Waals surface area contributed by atoms with Crippen molar-refractivity contribution in [1.29, 1.82) is 0 Å². The van der Waals surface area contributed by atoms with E-state index in [1.54, 1.807) is 24.3 Å². The maximum Gasteiger partial charge on any atom is 0.252 e. The molecule has 1 aliphatic heterocycles. The largest absolute Gasteiger partial charge is 0.345 e. The van der Waals surface area contributed by atoms with Gasteiger partial charge >= 0.3 is 0 Å². The van der Waals surface area contributed by atoms with E-state index in [2.05, 4.69) is 10.6 Å². The van der Waals surface area contributed by atoms with Crippen LogP contribution in [0.5, 0.6) is 0 Å². The number of amides is 3. The molecule has 2 rings (SSSR count). The van der Waals surface area contributed by atoms with Crippen LogP contribution in [0.1, 0.15) is 87.4 Å². The molecule has 0 saturated carbocycles. The molecular weight excluding hydrogens is 434 g/mol. The van der Waals surface area contributed by atoms with Gasteiger partial charge in [-0.3, -0.25) is 24.0 Å². The van der Waals surface area contributed by atoms with E-state index in [1.807, 2.05) is 20.8 Å². The Hall–Kier alpha value is -3.03. The van der Waals surface area contributed by atoms with Crippen molar-refractivity contribution in [1.82, 2.24) is 15.5 Å². The molecule has 1 fully saturated rings. The fourth-order valence-corrected chi connectivity index (χ4v) is 4.31. The molecule has 0 bridgehead atoms. The van der Waals surface area contributed by atoms with Crippen LogP contribution in [0.15, 0.2) is 24.3 Å². The Bertz CT molecular complexity index is 929. The summed E-state index contributed by atoms with van der Waals surface area (Å²) in [5.41, 5.74) is 0.510. The normalized spacial score (nSPS) is 18.0. The SMILES string of the molecule is CCCC(NC(=O)C1CCCN1C(=O)C(NC(=O)c1ccccc1C(C)=O)[C@H](C)CC)C(C)=O. The van der Waals surface area contributed by atoms with Crippen LogP contribution in [0.4, 0.5) is 0 Å². The van der Waals surface area contributed by atoms with E-state index in [-0.39, 0.29) is 34.9 Å². The van der Waals surface area contributed by atoms with E-state index in [0.29, 0.717) is 37.8 Å². The minimum absolute atomic E-state index is 0.111. The lowest BCUT2D eigenvalue weighted by molar-refractivity contribution is -0.141. The van der Waals surface area contributed by atoms with E-state index >= 15 is 0 Å². The number of carbonyl (C=O) groups excluding carboxylic acids is 5. The van der Waals surface area contributed by atoms with Gasteiger partial charge in [-0.2, -0.15) is 0 Å². The summed E-state index contributed by atoms with van der Waals surface area (Å²) in [6, 6.07) is 4.41. The molecule has 1 aromatic rings. The molecule has 0 aromatic heterocycles. The van der Waals surface area contributed by atoms with Crippen molar-refractivity contribution in [2.45, 2.75) is 84.8 Å². The molecule has 1 saturated heterocycles. The van der Waals surface area contributed by atoms with Gasteiger partial charge in [0.2, 0.25) is 11.8 Å². The average molecular weight is 472 g/mol. The number of hydrogen-bond donors (Lipinski definition) is 2. The highest BCUT2D eigenvalue weighted by Gasteiger charge is 2.40. The van der Waals surface area contributed by atoms with Crippen LogP contribution in [-0.2, 0) is 14.4 Å². The second-order valence-corrected chi connectivity index (χ2v) is 9.09. The van der Waals surface area contributed by atoms with Crippen molar-refractivity contribution in [3.63, 3.8) is 0 Å². The number of Topliss-reactive ketones (excluding diaryl/α,β-unsaturated/α-hetero) is 2. The van der Waals surface area contributed by atoms with Gasteiger partial charge in [-0.15, -0.1) is 0 Å². The molecule has 3 amide bonds. The number of benzene rings is 1. The molecule has 1 aromatic carbocycles. The van der Waals surface area contributed by atoms with Crippen LogP contribution in [0.3, 0.4) is 0 Å². The zero-order chi connectivity index (χ0) is 25.4. The van der Waals surface area contributed by atoms with E-state index in [4.69, 9.17) is 0 Å². The number of nitrogens with one attached hydrogen (secondary N) is 2. The maximum absolute atomic E-state index is 13.6. The maximum atomic E-state index is 13.6. The Morgan fingerprint density at radius 1 is 1.03 bits per heavy atom. The first-order valence-corrected chi connectivity index (χ1v) is 12.1. The van der Waals surface area contributed by atoms with E-state index in [9.17, 15) is 24.0 Å². The minimum atomic E-state index is -0.842. The molecule has 1 heterocycles. The highest BCUT2D eigenvalue weighted by molar-refractivity contribution is 6.08. The Labute approximate surface area is 201 Å². The Morgan fingerprint density at radius 3 is 2.24 bits per heavy atom. The summed E-state index contributed by atoms with van der Waals surface area (Å²) < 4.78 is 0. The summed E-state index contributed by atoms with van der Waals surface area (Å²) in [5, 5.41) is 5.63. The van der Waals surface area contributed by atoms with Gasteiger partial charge in [0.1, 0.15) is 12.1 Å². The van der Waals surface area contributed by atoms with Crippen molar-refractivity contribution in [2.75, 3.05) is 6.54 Å². The van der Waals surface area contributed by atoms with Crippen LogP contribution in [-0.4, -0.2) is 58.9 Å². The van der Waals surface area contributed by atoms with Gasteiger partial charge < -0.3 is 15.5 Å². The summed E-state index contributed by atoms with van der Waals surface area (Å²) in [6.45, 7) is 8.99. The van der Waals surface area contributed by atoms with Gasteiger partial charge in [-0.1, -0.05) is 51.8 Å². The van der Waals surface area contributed by atoms with Crippen LogP contribution >= 0.6 is 0 Å². The van der Waals surface area contributed by atoms with Gasteiger partial charge in [0.25, 0.3) is 5.91 Å². The summed E-state index contributed by atoms with van der Waals surface area (Å²) in [4.78, 5) is 65.0. The standard InChI is InChI=1S/C26H37N3O5/c1-6-11-21(18(5)31)27-25(33)22-14-10-15-29(22)26(34)23(16(3)7-2)28-24(32)20-13-9-8-12-19(20)17(4)30/h8-9,12-13,16,21-23H,6-7,10-11,14-15H2,1-5H3,(H,27,33)(H,28,32)/t16-,21?,22?,23?/m1/s1. The van der Waals surface area contributed by atoms with E-state index < -0.39 is 24.0 Å². The summed E-state index contributed by atoms with van der Waals surface area (Å²) in [7, 11) is 0. The third-order valence-corrected chi connectivity index (χ3v) is 6.54. The fourth-order valence-electron chi connectivity index (χ4n) is 4.31. The monoisotopic (exact) mass is 471 g/mol. The zero-order valence-electron chi connectivity index (χ0n) is 20.8. The first-order valence-electron chi connectivity index (χ1n) is 12.1. The zero-order valence-corrected chi connectivity index (χ0v) is 20.8. The highest BCUT2D eigenvalue weighted by atomic mass is 16.2. The molecule has 8 nitrogen and oxygen atoms in total. The second-order valence-electron chi connectivity index (χ2n) is 9.09. The van der Waals surface area contributed by atoms with Gasteiger partial charge in [0.15, 0.2) is 11.6 Å². The molecule has 4 atom stereocenters. The quantitative estimate of drug-likeness (QED) is 0.482. The Morgan fingerprint density at radius 2 is 1.68 bits per heavy atom. The van der Waals surface area contributed by atoms with Crippen LogP contribution in [0.2, 0.25) is 0 Å². The molecular formula is C26H37N3O5. The van der Waals surface area contributed by atoms with Gasteiger partial charge in [-0.25, -0.2) is 0 Å². The predicted octanol–water partition coefficient (Wildman–Crippen LogP) is 2.90. The number of carbonyl (C=O) groups is 5. The highest BCUT2D eigenvalue weighted by Crippen LogP contribution is 2.22. The predicted molar refractivity (Wildman–Crippen MR) is 129 cm³/mol. The molecule has 3 unspecified atom stereocenters. The fraction of sp³-hybridized carbons (Fsp3) is 0.577. The smallest absolute Gasteiger partial charge is 0.252 e. The molecule has 1 aliphatic rings. The molecule has 34 heavy (non-hydrogen) atoms. The van der Waals surface area contributed by atoms with Gasteiger partial charge in [-0.05, 0) is 45.1 Å². The van der Waals surface area contributed by atoms with Gasteiger partial charge in [0.05, 0.1) is 11.6 Å². The lowest BCUT2D eigenvalue weighted by atomic mass is 9.96. The van der Waals surface area contributed by atoms with E-state index in [1.165, 1.54) is 18.7 Å². The molecule has 0 aliphatic carbocycles. The third kappa shape index (κ3) is 6.52. The lowest BCUT2D eigenvalue weighted by Crippen LogP contribution is -2.56. The van der Waals surface area contributed by atoms with Crippen LogP contribution < -0.4 is 10.6 Å². The van der Waals surface area contributed by atoms with Crippen molar-refractivity contribution in [2.24, 2.45) is 5.92 Å². The first-order chi connectivity index (χ1) is 16.1. The average Bonchev–Trinajstić information content (AvgIpc) is 3.31. The molecule has 0 spiro atoms. The summed E-state index contributed by atoms with van der Waals surface area (Å²) in [5.74, 6) is -1.69. The Balaban J connectivity index is 2.24. The summed E-state index contributed by atoms with van der Waals surface area (Å²) in [6.07, 6.45) is 3.10. The molecule has 186 valence electrons. The molecule has 8 heteroatoms. The number of rotatable bonds is 11. The van der Waals surface area contributed by atoms with E-state index in [0.717, 1.165) is 6.42 Å². The number of nitrogens with zero attached hydrogens (tertiary/aromatic N) is 1. The number of hydrogen-bond acceptors (Lipinski definition) is 5. The van der Waals surface area contributed by atoms with Crippen molar-refractivity contribution in [3.8, 4) is 0 Å². The van der Waals surface area contributed by atoms with Crippen molar-refractivity contribution in [3.05, 3.63) is 35.4 Å². The van der Waals surface area contributed by atoms with Gasteiger partial charge in [0, 0.05) is 12.1 Å². The molecule has 2 N–H and O–H groups in total. The lowest BCUT2D eigenvalue weighted by Gasteiger charge is -2.32. The van der Waals surface area contributed by atoms with Crippen molar-refractivity contribution >= 4 is 29.3 Å². The summed E-state index contributed by atoms with van der Waals surface area (Å²) >= 11 is 0. The number of ketones is 2. The van der Waals surface area contributed by atoms with Crippen molar-refractivity contribution < 1.29 is 24.0 Å². The minimum Gasteiger partial charge on any atom is -0.345 e. The van der Waals surface area contributed by atoms with Crippen LogP contribution in [0.25, 0.3) is 0 Å². The second kappa shape index (κ2) is 12.4. The van der Waals surface area contributed by atoms with Crippen LogP contribution in [0, 0.1) is 5.92 Å². The Kier molecular flexibility index (Phi) is 9.96. The molecule has 0 radical (unpaired) electrons.